The average molecular weight is 481 g/mol. The highest BCUT2D eigenvalue weighted by Gasteiger charge is 2.17. The summed E-state index contributed by atoms with van der Waals surface area (Å²) in [4.78, 5) is 40.2. The Kier molecular flexibility index (Phi) is 6.84. The first-order chi connectivity index (χ1) is 17.2. The molecule has 2 amide bonds. The van der Waals surface area contributed by atoms with Crippen molar-refractivity contribution < 1.29 is 19.5 Å². The molecule has 3 aromatic carbocycles. The highest BCUT2D eigenvalue weighted by atomic mass is 16.4. The van der Waals surface area contributed by atoms with Crippen LogP contribution in [0.1, 0.15) is 57.3 Å². The van der Waals surface area contributed by atoms with Crippen LogP contribution in [0.4, 0.5) is 11.4 Å². The van der Waals surface area contributed by atoms with Gasteiger partial charge < -0.3 is 20.7 Å². The van der Waals surface area contributed by atoms with E-state index in [0.717, 1.165) is 5.56 Å². The molecule has 0 atom stereocenters. The van der Waals surface area contributed by atoms with Crippen molar-refractivity contribution >= 4 is 40.1 Å². The molecule has 4 rings (SSSR count). The first-order valence-electron chi connectivity index (χ1n) is 11.3. The molecule has 1 aromatic heterocycles. The van der Waals surface area contributed by atoms with Crippen molar-refractivity contribution in [1.82, 2.24) is 4.98 Å². The SMILES string of the molecule is CC(C)c1ccc(CC(=O)Nc2cccc3cc(C(=O)Nc4ccc(C#N)cc4C(=O)O)[nH]c23)cc1. The Balaban J connectivity index is 1.52. The van der Waals surface area contributed by atoms with Gasteiger partial charge in [-0.2, -0.15) is 5.26 Å². The van der Waals surface area contributed by atoms with Crippen LogP contribution in [-0.4, -0.2) is 27.9 Å². The highest BCUT2D eigenvalue weighted by molar-refractivity contribution is 6.10. The fourth-order valence-electron chi connectivity index (χ4n) is 3.87. The lowest BCUT2D eigenvalue weighted by Crippen LogP contribution is -2.16. The molecule has 0 spiro atoms. The van der Waals surface area contributed by atoms with Gasteiger partial charge in [0.2, 0.25) is 5.91 Å². The molecule has 0 radical (unpaired) electrons. The first-order valence-corrected chi connectivity index (χ1v) is 11.3. The zero-order valence-corrected chi connectivity index (χ0v) is 19.8. The quantitative estimate of drug-likeness (QED) is 0.285. The van der Waals surface area contributed by atoms with Gasteiger partial charge in [0.25, 0.3) is 5.91 Å². The molecule has 0 fully saturated rings. The van der Waals surface area contributed by atoms with Gasteiger partial charge in [-0.25, -0.2) is 4.79 Å². The van der Waals surface area contributed by atoms with Crippen LogP contribution in [0.15, 0.2) is 66.7 Å². The van der Waals surface area contributed by atoms with Crippen molar-refractivity contribution in [1.29, 1.82) is 5.26 Å². The molecule has 0 saturated carbocycles. The lowest BCUT2D eigenvalue weighted by atomic mass is 10.0. The van der Waals surface area contributed by atoms with E-state index in [9.17, 15) is 19.5 Å². The summed E-state index contributed by atoms with van der Waals surface area (Å²) < 4.78 is 0. The number of amides is 2. The summed E-state index contributed by atoms with van der Waals surface area (Å²) in [5, 5.41) is 24.6. The number of H-pyrrole nitrogens is 1. The van der Waals surface area contributed by atoms with Crippen molar-refractivity contribution in [2.75, 3.05) is 10.6 Å². The number of fused-ring (bicyclic) bond motifs is 1. The Hall–Kier alpha value is -4.90. The van der Waals surface area contributed by atoms with Crippen LogP contribution in [0, 0.1) is 11.3 Å². The van der Waals surface area contributed by atoms with E-state index in [1.54, 1.807) is 24.3 Å². The number of para-hydroxylation sites is 1. The molecule has 4 aromatic rings. The number of carbonyl (C=O) groups excluding carboxylic acids is 2. The fraction of sp³-hybridized carbons (Fsp3) is 0.143. The largest absolute Gasteiger partial charge is 0.478 e. The Morgan fingerprint density at radius 2 is 1.72 bits per heavy atom. The Labute approximate surface area is 207 Å². The van der Waals surface area contributed by atoms with Gasteiger partial charge in [-0.05, 0) is 47.4 Å². The summed E-state index contributed by atoms with van der Waals surface area (Å²) in [6, 6.07) is 20.7. The molecule has 0 aliphatic heterocycles. The van der Waals surface area contributed by atoms with E-state index in [1.165, 1.54) is 23.8 Å². The van der Waals surface area contributed by atoms with Crippen LogP contribution in [0.5, 0.6) is 0 Å². The Morgan fingerprint density at radius 3 is 2.39 bits per heavy atom. The lowest BCUT2D eigenvalue weighted by molar-refractivity contribution is -0.115. The lowest BCUT2D eigenvalue weighted by Gasteiger charge is -2.09. The Morgan fingerprint density at radius 1 is 0.972 bits per heavy atom. The molecule has 0 unspecified atom stereocenters. The third kappa shape index (κ3) is 5.26. The average Bonchev–Trinajstić information content (AvgIpc) is 3.30. The minimum absolute atomic E-state index is 0.0715. The minimum atomic E-state index is -1.26. The summed E-state index contributed by atoms with van der Waals surface area (Å²) in [6.45, 7) is 4.23. The predicted octanol–water partition coefficient (Wildman–Crippen LogP) is 5.29. The molecule has 0 aliphatic carbocycles. The molecule has 36 heavy (non-hydrogen) atoms. The van der Waals surface area contributed by atoms with Crippen LogP contribution >= 0.6 is 0 Å². The number of aromatic amines is 1. The molecule has 4 N–H and O–H groups in total. The van der Waals surface area contributed by atoms with Crippen molar-refractivity contribution in [3.63, 3.8) is 0 Å². The normalized spacial score (nSPS) is 10.7. The topological polar surface area (TPSA) is 135 Å². The van der Waals surface area contributed by atoms with E-state index in [4.69, 9.17) is 5.26 Å². The smallest absolute Gasteiger partial charge is 0.337 e. The zero-order chi connectivity index (χ0) is 25.8. The molecular formula is C28H24N4O4. The van der Waals surface area contributed by atoms with E-state index in [2.05, 4.69) is 29.5 Å². The monoisotopic (exact) mass is 480 g/mol. The maximum absolute atomic E-state index is 12.9. The number of nitriles is 1. The second kappa shape index (κ2) is 10.2. The highest BCUT2D eigenvalue weighted by Crippen LogP contribution is 2.25. The van der Waals surface area contributed by atoms with Gasteiger partial charge in [-0.1, -0.05) is 50.2 Å². The van der Waals surface area contributed by atoms with Gasteiger partial charge in [-0.15, -0.1) is 0 Å². The van der Waals surface area contributed by atoms with E-state index < -0.39 is 11.9 Å². The number of aromatic nitrogens is 1. The van der Waals surface area contributed by atoms with E-state index in [0.29, 0.717) is 22.5 Å². The van der Waals surface area contributed by atoms with Crippen LogP contribution in [-0.2, 0) is 11.2 Å². The summed E-state index contributed by atoms with van der Waals surface area (Å²) in [5.41, 5.74) is 3.45. The van der Waals surface area contributed by atoms with Gasteiger partial charge in [0, 0.05) is 5.39 Å². The van der Waals surface area contributed by atoms with Crippen LogP contribution in [0.25, 0.3) is 10.9 Å². The number of nitrogens with zero attached hydrogens (tertiary/aromatic N) is 1. The summed E-state index contributed by atoms with van der Waals surface area (Å²) >= 11 is 0. The summed E-state index contributed by atoms with van der Waals surface area (Å²) in [7, 11) is 0. The minimum Gasteiger partial charge on any atom is -0.478 e. The van der Waals surface area contributed by atoms with Crippen molar-refractivity contribution in [2.45, 2.75) is 26.2 Å². The molecule has 0 saturated heterocycles. The molecule has 180 valence electrons. The maximum atomic E-state index is 12.9. The summed E-state index contributed by atoms with van der Waals surface area (Å²) in [6.07, 6.45) is 0.208. The van der Waals surface area contributed by atoms with E-state index in [-0.39, 0.29) is 34.8 Å². The van der Waals surface area contributed by atoms with Gasteiger partial charge in [0.05, 0.1) is 40.5 Å². The third-order valence-corrected chi connectivity index (χ3v) is 5.81. The number of anilines is 2. The van der Waals surface area contributed by atoms with Crippen LogP contribution < -0.4 is 10.6 Å². The number of nitrogens with one attached hydrogen (secondary N) is 3. The summed E-state index contributed by atoms with van der Waals surface area (Å²) in [5.74, 6) is -1.59. The molecule has 1 heterocycles. The zero-order valence-electron chi connectivity index (χ0n) is 19.8. The van der Waals surface area contributed by atoms with Gasteiger partial charge in [0.1, 0.15) is 5.69 Å². The molecule has 8 heteroatoms. The molecule has 0 aliphatic rings. The number of benzene rings is 3. The number of rotatable bonds is 7. The molecule has 0 bridgehead atoms. The van der Waals surface area contributed by atoms with E-state index in [1.807, 2.05) is 30.3 Å². The van der Waals surface area contributed by atoms with Crippen molar-refractivity contribution in [2.24, 2.45) is 0 Å². The fourth-order valence-corrected chi connectivity index (χ4v) is 3.87. The number of hydrogen-bond acceptors (Lipinski definition) is 4. The Bertz CT molecular complexity index is 1510. The predicted molar refractivity (Wildman–Crippen MR) is 137 cm³/mol. The number of carboxylic acids is 1. The maximum Gasteiger partial charge on any atom is 0.337 e. The first kappa shape index (κ1) is 24.2. The van der Waals surface area contributed by atoms with Gasteiger partial charge in [-0.3, -0.25) is 9.59 Å². The number of carboxylic acid groups (broad SMARTS) is 1. The van der Waals surface area contributed by atoms with Crippen LogP contribution in [0.3, 0.4) is 0 Å². The van der Waals surface area contributed by atoms with E-state index >= 15 is 0 Å². The van der Waals surface area contributed by atoms with Crippen molar-refractivity contribution in [3.8, 4) is 6.07 Å². The molecular weight excluding hydrogens is 456 g/mol. The van der Waals surface area contributed by atoms with Gasteiger partial charge >= 0.3 is 5.97 Å². The number of aromatic carboxylic acids is 1. The van der Waals surface area contributed by atoms with Crippen molar-refractivity contribution in [3.05, 3.63) is 94.7 Å². The van der Waals surface area contributed by atoms with Gasteiger partial charge in [0.15, 0.2) is 0 Å². The number of carbonyl (C=O) groups is 3. The second-order valence-corrected chi connectivity index (χ2v) is 8.71. The third-order valence-electron chi connectivity index (χ3n) is 5.81. The molecule has 8 nitrogen and oxygen atoms in total. The van der Waals surface area contributed by atoms with Crippen LogP contribution in [0.2, 0.25) is 0 Å². The number of hydrogen-bond donors (Lipinski definition) is 4. The standard InChI is InChI=1S/C28H24N4O4/c1-16(2)19-9-6-17(7-10-19)13-25(33)30-23-5-3-4-20-14-24(31-26(20)23)27(34)32-22-11-8-18(15-29)12-21(22)28(35)36/h3-12,14,16,31H,13H2,1-2H3,(H,30,33)(H,32,34)(H,35,36). The second-order valence-electron chi connectivity index (χ2n) is 8.71.